The zero-order chi connectivity index (χ0) is 23.1. The fourth-order valence-corrected chi connectivity index (χ4v) is 3.68. The number of amides is 4. The maximum Gasteiger partial charge on any atom is 0.290 e. The molecule has 2 N–H and O–H groups in total. The van der Waals surface area contributed by atoms with E-state index in [4.69, 9.17) is 0 Å². The van der Waals surface area contributed by atoms with Crippen LogP contribution >= 0.6 is 0 Å². The lowest BCUT2D eigenvalue weighted by atomic mass is 9.97. The Balaban J connectivity index is 2.05. The summed E-state index contributed by atoms with van der Waals surface area (Å²) in [6.45, 7) is 5.15. The van der Waals surface area contributed by atoms with Crippen LogP contribution in [0.25, 0.3) is 0 Å². The summed E-state index contributed by atoms with van der Waals surface area (Å²) in [6.07, 6.45) is 5.79. The van der Waals surface area contributed by atoms with Crippen LogP contribution in [0.1, 0.15) is 40.0 Å². The molecule has 31 heavy (non-hydrogen) atoms. The van der Waals surface area contributed by atoms with Crippen molar-refractivity contribution in [2.24, 2.45) is 16.8 Å². The number of hydrogen-bond donors (Lipinski definition) is 2. The number of ketones is 1. The lowest BCUT2D eigenvalue weighted by molar-refractivity contribution is -0.146. The Kier molecular flexibility index (Phi) is 8.35. The number of nitrogens with one attached hydrogen (secondary N) is 2. The number of likely N-dealkylation sites (tertiary alicyclic amines) is 1. The number of carbonyl (C=O) groups is 6. The maximum absolute atomic E-state index is 12.9. The highest BCUT2D eigenvalue weighted by atomic mass is 16.2. The molecule has 0 saturated carbocycles. The first-order chi connectivity index (χ1) is 14.6. The van der Waals surface area contributed by atoms with Gasteiger partial charge in [0.1, 0.15) is 18.4 Å². The first-order valence-electron chi connectivity index (χ1n) is 10.3. The number of hydrogen-bond acceptors (Lipinski definition) is 6. The number of nitrogens with zero attached hydrogens (tertiary/aromatic N) is 2. The van der Waals surface area contributed by atoms with Crippen LogP contribution in [0.4, 0.5) is 0 Å². The van der Waals surface area contributed by atoms with Crippen molar-refractivity contribution in [3.63, 3.8) is 0 Å². The number of Topliss-reactive ketones (excluding diaryl/α,β-unsaturated/α-hetero) is 1. The average molecular weight is 432 g/mol. The zero-order valence-electron chi connectivity index (χ0n) is 17.9. The lowest BCUT2D eigenvalue weighted by Gasteiger charge is -2.30. The molecule has 1 saturated heterocycles. The van der Waals surface area contributed by atoms with E-state index < -0.39 is 47.5 Å². The van der Waals surface area contributed by atoms with E-state index in [9.17, 15) is 28.8 Å². The lowest BCUT2D eigenvalue weighted by Crippen LogP contribution is -2.55. The third-order valence-electron chi connectivity index (χ3n) is 5.29. The third-order valence-corrected chi connectivity index (χ3v) is 5.29. The van der Waals surface area contributed by atoms with Crippen LogP contribution in [0.3, 0.4) is 0 Å². The van der Waals surface area contributed by atoms with E-state index in [0.29, 0.717) is 25.7 Å². The van der Waals surface area contributed by atoms with Gasteiger partial charge in [-0.2, -0.15) is 0 Å². The second-order valence-corrected chi connectivity index (χ2v) is 8.04. The van der Waals surface area contributed by atoms with Crippen molar-refractivity contribution in [3.05, 3.63) is 12.2 Å². The molecule has 10 nitrogen and oxygen atoms in total. The Morgan fingerprint density at radius 2 is 1.97 bits per heavy atom. The molecule has 2 heterocycles. The summed E-state index contributed by atoms with van der Waals surface area (Å²) in [7, 11) is 0. The van der Waals surface area contributed by atoms with Crippen molar-refractivity contribution in [2.75, 3.05) is 6.54 Å². The van der Waals surface area contributed by atoms with Gasteiger partial charge in [-0.05, 0) is 31.3 Å². The number of aldehydes is 1. The topological polar surface area (TPSA) is 142 Å². The van der Waals surface area contributed by atoms with Crippen molar-refractivity contribution in [3.8, 4) is 0 Å². The quantitative estimate of drug-likeness (QED) is 0.374. The van der Waals surface area contributed by atoms with Crippen LogP contribution in [0, 0.1) is 11.8 Å². The molecule has 168 valence electrons. The van der Waals surface area contributed by atoms with E-state index in [1.54, 1.807) is 26.0 Å². The molecule has 2 aliphatic heterocycles. The van der Waals surface area contributed by atoms with E-state index in [2.05, 4.69) is 15.6 Å². The molecule has 2 aliphatic rings. The van der Waals surface area contributed by atoms with Crippen LogP contribution < -0.4 is 10.6 Å². The zero-order valence-corrected chi connectivity index (χ0v) is 17.9. The van der Waals surface area contributed by atoms with Gasteiger partial charge in [0, 0.05) is 19.7 Å². The van der Waals surface area contributed by atoms with E-state index in [-0.39, 0.29) is 18.2 Å². The summed E-state index contributed by atoms with van der Waals surface area (Å²) in [5.74, 6) is -3.90. The third kappa shape index (κ3) is 6.16. The highest BCUT2D eigenvalue weighted by Gasteiger charge is 2.41. The molecule has 0 radical (unpaired) electrons. The SMILES string of the molecule is CC(=O)N[C@H](C(=O)N1CCC[C@H]1C(=O)C(=O)N[C@H](C=O)CC1C=CC=NC1=O)C(C)C. The van der Waals surface area contributed by atoms with Gasteiger partial charge in [-0.1, -0.05) is 19.9 Å². The molecule has 0 aliphatic carbocycles. The molecule has 0 spiro atoms. The van der Waals surface area contributed by atoms with Crippen LogP contribution in [0.5, 0.6) is 0 Å². The molecule has 0 aromatic heterocycles. The molecule has 1 unspecified atom stereocenters. The number of aliphatic imine (C=N–C) groups is 1. The van der Waals surface area contributed by atoms with Gasteiger partial charge in [-0.3, -0.25) is 24.0 Å². The van der Waals surface area contributed by atoms with Crippen LogP contribution in [0.2, 0.25) is 0 Å². The van der Waals surface area contributed by atoms with E-state index >= 15 is 0 Å². The van der Waals surface area contributed by atoms with Gasteiger partial charge in [0.25, 0.3) is 11.8 Å². The largest absolute Gasteiger partial charge is 0.344 e. The minimum atomic E-state index is -1.04. The van der Waals surface area contributed by atoms with Gasteiger partial charge in [-0.25, -0.2) is 4.99 Å². The molecular weight excluding hydrogens is 404 g/mol. The predicted molar refractivity (Wildman–Crippen MR) is 111 cm³/mol. The van der Waals surface area contributed by atoms with Crippen LogP contribution in [-0.4, -0.2) is 71.5 Å². The van der Waals surface area contributed by atoms with Crippen molar-refractivity contribution in [1.29, 1.82) is 0 Å². The average Bonchev–Trinajstić information content (AvgIpc) is 3.21. The first-order valence-corrected chi connectivity index (χ1v) is 10.3. The molecule has 0 aromatic rings. The molecule has 0 bridgehead atoms. The monoisotopic (exact) mass is 432 g/mol. The highest BCUT2D eigenvalue weighted by molar-refractivity contribution is 6.38. The van der Waals surface area contributed by atoms with E-state index in [1.807, 2.05) is 0 Å². The molecule has 10 heteroatoms. The van der Waals surface area contributed by atoms with Crippen LogP contribution in [-0.2, 0) is 28.8 Å². The van der Waals surface area contributed by atoms with Gasteiger partial charge in [0.05, 0.1) is 12.0 Å². The Labute approximate surface area is 180 Å². The van der Waals surface area contributed by atoms with Gasteiger partial charge in [-0.15, -0.1) is 0 Å². The Morgan fingerprint density at radius 3 is 2.55 bits per heavy atom. The molecule has 4 atom stereocenters. The van der Waals surface area contributed by atoms with Crippen molar-refractivity contribution in [2.45, 2.75) is 58.2 Å². The number of allylic oxidation sites excluding steroid dienone is 1. The number of carbonyl (C=O) groups excluding carboxylic acids is 6. The molecular formula is C21H28N4O6. The Bertz CT molecular complexity index is 819. The maximum atomic E-state index is 12.9. The smallest absolute Gasteiger partial charge is 0.290 e. The van der Waals surface area contributed by atoms with Crippen molar-refractivity contribution >= 4 is 41.9 Å². The minimum absolute atomic E-state index is 0.0134. The van der Waals surface area contributed by atoms with Gasteiger partial charge >= 0.3 is 0 Å². The van der Waals surface area contributed by atoms with Crippen molar-refractivity contribution < 1.29 is 28.8 Å². The molecule has 1 fully saturated rings. The van der Waals surface area contributed by atoms with Gasteiger partial charge in [0.15, 0.2) is 0 Å². The number of rotatable bonds is 9. The van der Waals surface area contributed by atoms with Crippen molar-refractivity contribution in [1.82, 2.24) is 15.5 Å². The fourth-order valence-electron chi connectivity index (χ4n) is 3.68. The number of dihydropyridines is 1. The molecule has 4 amide bonds. The molecule has 2 rings (SSSR count). The summed E-state index contributed by atoms with van der Waals surface area (Å²) in [4.78, 5) is 77.8. The Hall–Kier alpha value is -3.17. The summed E-state index contributed by atoms with van der Waals surface area (Å²) >= 11 is 0. The Morgan fingerprint density at radius 1 is 1.26 bits per heavy atom. The normalized spacial score (nSPS) is 22.2. The predicted octanol–water partition coefficient (Wildman–Crippen LogP) is -0.436. The summed E-state index contributed by atoms with van der Waals surface area (Å²) < 4.78 is 0. The standard InChI is InChI=1S/C21H28N4O6/c1-12(2)17(23-13(3)27)21(31)25-9-5-7-16(25)18(28)20(30)24-15(11-26)10-14-6-4-8-22-19(14)29/h4,6,8,11-12,14-17H,5,7,9-10H2,1-3H3,(H,23,27)(H,24,30)/t14?,15-,16-,17-/m0/s1. The summed E-state index contributed by atoms with van der Waals surface area (Å²) in [5.41, 5.74) is 0. The second kappa shape index (κ2) is 10.7. The summed E-state index contributed by atoms with van der Waals surface area (Å²) in [6, 6.07) is -2.81. The van der Waals surface area contributed by atoms with E-state index in [0.717, 1.165) is 0 Å². The molecule has 0 aromatic carbocycles. The van der Waals surface area contributed by atoms with Gasteiger partial charge < -0.3 is 20.3 Å². The second-order valence-electron chi connectivity index (χ2n) is 8.04. The van der Waals surface area contributed by atoms with Gasteiger partial charge in [0.2, 0.25) is 17.6 Å². The first kappa shape index (κ1) is 24.1. The summed E-state index contributed by atoms with van der Waals surface area (Å²) in [5, 5.41) is 4.95. The highest BCUT2D eigenvalue weighted by Crippen LogP contribution is 2.21. The van der Waals surface area contributed by atoms with E-state index in [1.165, 1.54) is 18.0 Å². The fraction of sp³-hybridized carbons (Fsp3) is 0.571. The van der Waals surface area contributed by atoms with Crippen LogP contribution in [0.15, 0.2) is 17.1 Å². The minimum Gasteiger partial charge on any atom is -0.344 e.